The molecule has 0 fully saturated rings. The van der Waals surface area contributed by atoms with Gasteiger partial charge in [-0.2, -0.15) is 0 Å². The Bertz CT molecular complexity index is 1200. The summed E-state index contributed by atoms with van der Waals surface area (Å²) in [4.78, 5) is 26.7. The van der Waals surface area contributed by atoms with Crippen LogP contribution in [0.4, 0.5) is 5.00 Å². The highest BCUT2D eigenvalue weighted by Gasteiger charge is 2.32. The van der Waals surface area contributed by atoms with Gasteiger partial charge in [0, 0.05) is 4.88 Å². The van der Waals surface area contributed by atoms with Crippen LogP contribution in [0.25, 0.3) is 0 Å². The van der Waals surface area contributed by atoms with E-state index in [9.17, 15) is 9.59 Å². The minimum atomic E-state index is -0.450. The van der Waals surface area contributed by atoms with Gasteiger partial charge in [-0.15, -0.1) is 11.3 Å². The molecule has 0 saturated heterocycles. The Kier molecular flexibility index (Phi) is 5.35. The molecule has 164 valence electrons. The van der Waals surface area contributed by atoms with Gasteiger partial charge in [-0.3, -0.25) is 4.79 Å². The summed E-state index contributed by atoms with van der Waals surface area (Å²) in [5.41, 5.74) is 4.37. The predicted octanol–water partition coefficient (Wildman–Crippen LogP) is 5.02. The Morgan fingerprint density at radius 1 is 1.03 bits per heavy atom. The van der Waals surface area contributed by atoms with E-state index in [1.807, 2.05) is 25.1 Å². The van der Waals surface area contributed by atoms with E-state index in [1.165, 1.54) is 24.0 Å². The number of carbonyl (C=O) groups excluding carboxylic acids is 2. The molecule has 2 aromatic carbocycles. The summed E-state index contributed by atoms with van der Waals surface area (Å²) < 4.78 is 11.0. The maximum atomic E-state index is 12.9. The van der Waals surface area contributed by atoms with Gasteiger partial charge >= 0.3 is 5.97 Å². The van der Waals surface area contributed by atoms with Crippen LogP contribution < -0.4 is 20.1 Å². The van der Waals surface area contributed by atoms with Crippen molar-refractivity contribution in [3.8, 4) is 11.5 Å². The zero-order valence-corrected chi connectivity index (χ0v) is 18.8. The molecule has 2 heterocycles. The van der Waals surface area contributed by atoms with Crippen LogP contribution in [0, 0.1) is 6.92 Å². The molecule has 5 rings (SSSR count). The number of thiophene rings is 1. The van der Waals surface area contributed by atoms with Crippen LogP contribution in [0.1, 0.15) is 61.3 Å². The molecule has 0 unspecified atom stereocenters. The van der Waals surface area contributed by atoms with E-state index < -0.39 is 5.97 Å². The van der Waals surface area contributed by atoms with Gasteiger partial charge < -0.3 is 20.1 Å². The van der Waals surface area contributed by atoms with Crippen molar-refractivity contribution < 1.29 is 19.1 Å². The third-order valence-electron chi connectivity index (χ3n) is 5.96. The lowest BCUT2D eigenvalue weighted by Gasteiger charge is -2.27. The minimum absolute atomic E-state index is 0.0445. The van der Waals surface area contributed by atoms with Gasteiger partial charge in [0.25, 0.3) is 5.91 Å². The number of esters is 1. The highest BCUT2D eigenvalue weighted by Crippen LogP contribution is 2.42. The molecule has 2 aliphatic rings. The molecule has 0 radical (unpaired) electrons. The number of ether oxygens (including phenoxy) is 2. The molecule has 0 saturated carbocycles. The summed E-state index contributed by atoms with van der Waals surface area (Å²) in [5, 5.41) is 7.46. The van der Waals surface area contributed by atoms with E-state index >= 15 is 0 Å². The summed E-state index contributed by atoms with van der Waals surface area (Å²) in [6.45, 7) is 1.96. The second kappa shape index (κ2) is 8.31. The fourth-order valence-electron chi connectivity index (χ4n) is 4.24. The van der Waals surface area contributed by atoms with Gasteiger partial charge in [0.2, 0.25) is 0 Å². The number of aryl methyl sites for hydroxylation is 2. The standard InChI is InChI=1S/C25H24N2O4S/c1-14-7-9-15(10-8-14)25(29)31-18-12-11-16(13-19(18)30-2)22-26-23(28)21-17-5-3-4-6-20(17)32-24(21)27-22/h7-13,22,27H,3-6H2,1-2H3,(H,26,28)/t22-/m1/s1. The molecule has 0 spiro atoms. The monoisotopic (exact) mass is 448 g/mol. The molecule has 1 aliphatic carbocycles. The van der Waals surface area contributed by atoms with Gasteiger partial charge in [-0.1, -0.05) is 23.8 Å². The molecule has 1 aromatic heterocycles. The predicted molar refractivity (Wildman–Crippen MR) is 124 cm³/mol. The van der Waals surface area contributed by atoms with E-state index in [0.717, 1.165) is 41.0 Å². The van der Waals surface area contributed by atoms with Gasteiger partial charge in [0.15, 0.2) is 11.5 Å². The quantitative estimate of drug-likeness (QED) is 0.433. The van der Waals surface area contributed by atoms with Crippen molar-refractivity contribution in [2.45, 2.75) is 38.8 Å². The number of hydrogen-bond donors (Lipinski definition) is 2. The van der Waals surface area contributed by atoms with Crippen molar-refractivity contribution in [2.24, 2.45) is 0 Å². The van der Waals surface area contributed by atoms with Crippen molar-refractivity contribution in [1.82, 2.24) is 5.32 Å². The Morgan fingerprint density at radius 2 is 1.81 bits per heavy atom. The number of rotatable bonds is 4. The number of anilines is 1. The van der Waals surface area contributed by atoms with Gasteiger partial charge in [-0.25, -0.2) is 4.79 Å². The molecule has 6 nitrogen and oxygen atoms in total. The van der Waals surface area contributed by atoms with Crippen molar-refractivity contribution in [3.05, 3.63) is 75.2 Å². The van der Waals surface area contributed by atoms with Crippen LogP contribution in [0.2, 0.25) is 0 Å². The fourth-order valence-corrected chi connectivity index (χ4v) is 5.56. The van der Waals surface area contributed by atoms with E-state index in [1.54, 1.807) is 35.6 Å². The Hall–Kier alpha value is -3.32. The first-order valence-electron chi connectivity index (χ1n) is 10.7. The van der Waals surface area contributed by atoms with E-state index in [4.69, 9.17) is 9.47 Å². The van der Waals surface area contributed by atoms with Gasteiger partial charge in [0.05, 0.1) is 18.2 Å². The second-order valence-corrected chi connectivity index (χ2v) is 9.24. The maximum absolute atomic E-state index is 12.9. The van der Waals surface area contributed by atoms with Crippen LogP contribution in [0.5, 0.6) is 11.5 Å². The number of methoxy groups -OCH3 is 1. The van der Waals surface area contributed by atoms with Crippen molar-refractivity contribution in [1.29, 1.82) is 0 Å². The zero-order valence-electron chi connectivity index (χ0n) is 18.0. The molecule has 2 N–H and O–H groups in total. The SMILES string of the molecule is COc1cc([C@@H]2NC(=O)c3c(sc4c3CCCC4)N2)ccc1OC(=O)c1ccc(C)cc1. The second-order valence-electron chi connectivity index (χ2n) is 8.13. The van der Waals surface area contributed by atoms with Crippen LogP contribution >= 0.6 is 11.3 Å². The number of fused-ring (bicyclic) bond motifs is 3. The van der Waals surface area contributed by atoms with Gasteiger partial charge in [0.1, 0.15) is 11.2 Å². The average Bonchev–Trinajstić information content (AvgIpc) is 3.18. The van der Waals surface area contributed by atoms with Crippen molar-refractivity contribution in [2.75, 3.05) is 12.4 Å². The molecule has 0 bridgehead atoms. The average molecular weight is 449 g/mol. The minimum Gasteiger partial charge on any atom is -0.493 e. The lowest BCUT2D eigenvalue weighted by atomic mass is 9.94. The number of nitrogens with one attached hydrogen (secondary N) is 2. The fraction of sp³-hybridized carbons (Fsp3) is 0.280. The summed E-state index contributed by atoms with van der Waals surface area (Å²) in [5.74, 6) is 0.262. The Labute approximate surface area is 190 Å². The summed E-state index contributed by atoms with van der Waals surface area (Å²) in [6, 6.07) is 12.5. The van der Waals surface area contributed by atoms with Crippen LogP contribution in [-0.2, 0) is 12.8 Å². The van der Waals surface area contributed by atoms with E-state index in [-0.39, 0.29) is 12.1 Å². The van der Waals surface area contributed by atoms with Crippen molar-refractivity contribution in [3.63, 3.8) is 0 Å². The Morgan fingerprint density at radius 3 is 2.59 bits per heavy atom. The summed E-state index contributed by atoms with van der Waals surface area (Å²) in [7, 11) is 1.53. The molecule has 32 heavy (non-hydrogen) atoms. The number of carbonyl (C=O) groups is 2. The largest absolute Gasteiger partial charge is 0.493 e. The number of benzene rings is 2. The molecule has 7 heteroatoms. The smallest absolute Gasteiger partial charge is 0.343 e. The highest BCUT2D eigenvalue weighted by atomic mass is 32.1. The lowest BCUT2D eigenvalue weighted by molar-refractivity contribution is 0.0729. The van der Waals surface area contributed by atoms with Crippen LogP contribution in [0.3, 0.4) is 0 Å². The molecular weight excluding hydrogens is 424 g/mol. The molecule has 3 aromatic rings. The highest BCUT2D eigenvalue weighted by molar-refractivity contribution is 7.16. The number of hydrogen-bond acceptors (Lipinski definition) is 6. The van der Waals surface area contributed by atoms with E-state index in [0.29, 0.717) is 17.1 Å². The molecular formula is C25H24N2O4S. The molecule has 1 amide bonds. The molecule has 1 atom stereocenters. The molecule has 1 aliphatic heterocycles. The van der Waals surface area contributed by atoms with Crippen LogP contribution in [-0.4, -0.2) is 19.0 Å². The topological polar surface area (TPSA) is 76.7 Å². The van der Waals surface area contributed by atoms with Crippen LogP contribution in [0.15, 0.2) is 42.5 Å². The first kappa shape index (κ1) is 20.6. The first-order valence-corrected chi connectivity index (χ1v) is 11.5. The lowest BCUT2D eigenvalue weighted by Crippen LogP contribution is -2.38. The first-order chi connectivity index (χ1) is 15.5. The summed E-state index contributed by atoms with van der Waals surface area (Å²) in [6.07, 6.45) is 3.94. The number of amides is 1. The maximum Gasteiger partial charge on any atom is 0.343 e. The van der Waals surface area contributed by atoms with Gasteiger partial charge in [-0.05, 0) is 68.0 Å². The van der Waals surface area contributed by atoms with E-state index in [2.05, 4.69) is 10.6 Å². The normalized spacial score (nSPS) is 16.9. The zero-order chi connectivity index (χ0) is 22.2. The Balaban J connectivity index is 1.38. The van der Waals surface area contributed by atoms with Crippen molar-refractivity contribution >= 4 is 28.2 Å². The summed E-state index contributed by atoms with van der Waals surface area (Å²) >= 11 is 1.69. The third-order valence-corrected chi connectivity index (χ3v) is 7.18. The third kappa shape index (κ3) is 3.73.